The maximum Gasteiger partial charge on any atom is 0.326 e. The molecule has 0 bridgehead atoms. The van der Waals surface area contributed by atoms with Gasteiger partial charge in [-0.15, -0.1) is 0 Å². The number of fused-ring (bicyclic) bond motifs is 1. The molecular weight excluding hydrogens is 404 g/mol. The van der Waals surface area contributed by atoms with E-state index in [1.54, 1.807) is 4.57 Å². The minimum absolute atomic E-state index is 0. The Bertz CT molecular complexity index is 768. The summed E-state index contributed by atoms with van der Waals surface area (Å²) < 4.78 is 2.73. The molecule has 2 heterocycles. The van der Waals surface area contributed by atoms with Gasteiger partial charge >= 0.3 is 5.97 Å². The third kappa shape index (κ3) is 3.04. The van der Waals surface area contributed by atoms with Crippen molar-refractivity contribution in [3.8, 4) is 5.69 Å². The van der Waals surface area contributed by atoms with Crippen LogP contribution in [0.5, 0.6) is 0 Å². The van der Waals surface area contributed by atoms with Crippen LogP contribution in [0.1, 0.15) is 12.0 Å². The molecular formula is C12H12AgN4O2S2. The Kier molecular flexibility index (Phi) is 4.84. The molecule has 115 valence electrons. The van der Waals surface area contributed by atoms with Crippen LogP contribution < -0.4 is 5.32 Å². The number of aromatic amines is 2. The molecule has 0 saturated heterocycles. The number of nitrogens with zero attached hydrogens (tertiary/aromatic N) is 1. The molecule has 0 amide bonds. The number of carboxylic acid groups (broad SMARTS) is 1. The van der Waals surface area contributed by atoms with Crippen LogP contribution in [0.4, 0.5) is 5.69 Å². The number of hydrogen-bond donors (Lipinski definition) is 4. The normalized spacial score (nSPS) is 16.5. The van der Waals surface area contributed by atoms with E-state index in [2.05, 4.69) is 15.5 Å². The second kappa shape index (κ2) is 6.29. The van der Waals surface area contributed by atoms with Crippen LogP contribution >= 0.6 is 24.4 Å². The number of benzene rings is 1. The number of carbonyl (C=O) groups is 1. The van der Waals surface area contributed by atoms with Gasteiger partial charge < -0.3 is 10.4 Å². The van der Waals surface area contributed by atoms with Crippen LogP contribution in [0, 0.1) is 9.54 Å². The van der Waals surface area contributed by atoms with E-state index in [1.165, 1.54) is 0 Å². The second-order valence-electron chi connectivity index (χ2n) is 4.61. The van der Waals surface area contributed by atoms with E-state index in [4.69, 9.17) is 29.5 Å². The Morgan fingerprint density at radius 2 is 1.95 bits per heavy atom. The van der Waals surface area contributed by atoms with Crippen LogP contribution in [0.2, 0.25) is 0 Å². The molecule has 9 heteroatoms. The molecule has 0 fully saturated rings. The van der Waals surface area contributed by atoms with Gasteiger partial charge in [0, 0.05) is 28.1 Å². The quantitative estimate of drug-likeness (QED) is 0.447. The molecule has 1 aromatic carbocycles. The van der Waals surface area contributed by atoms with Crippen molar-refractivity contribution < 1.29 is 32.3 Å². The summed E-state index contributed by atoms with van der Waals surface area (Å²) in [7, 11) is 0. The van der Waals surface area contributed by atoms with Crippen LogP contribution in [0.15, 0.2) is 18.2 Å². The van der Waals surface area contributed by atoms with Crippen molar-refractivity contribution in [3.05, 3.63) is 33.3 Å². The summed E-state index contributed by atoms with van der Waals surface area (Å²) in [6, 6.07) is 5.19. The topological polar surface area (TPSA) is 85.8 Å². The fraction of sp³-hybridized carbons (Fsp3) is 0.250. The van der Waals surface area contributed by atoms with Gasteiger partial charge in [-0.25, -0.2) is 4.79 Å². The van der Waals surface area contributed by atoms with Gasteiger partial charge in [-0.05, 0) is 61.0 Å². The van der Waals surface area contributed by atoms with Crippen LogP contribution in [0.25, 0.3) is 5.69 Å². The molecule has 1 aliphatic rings. The van der Waals surface area contributed by atoms with E-state index < -0.39 is 12.0 Å². The Labute approximate surface area is 146 Å². The van der Waals surface area contributed by atoms with Gasteiger partial charge in [0.25, 0.3) is 0 Å². The predicted octanol–water partition coefficient (Wildman–Crippen LogP) is 2.40. The molecule has 1 atom stereocenters. The van der Waals surface area contributed by atoms with Crippen LogP contribution in [-0.4, -0.2) is 31.9 Å². The number of hydrogen-bond acceptors (Lipinski definition) is 4. The third-order valence-corrected chi connectivity index (χ3v) is 3.93. The smallest absolute Gasteiger partial charge is 0.326 e. The molecule has 0 saturated carbocycles. The third-order valence-electron chi connectivity index (χ3n) is 3.36. The first-order valence-corrected chi connectivity index (χ1v) is 6.90. The van der Waals surface area contributed by atoms with Crippen molar-refractivity contribution in [2.45, 2.75) is 18.9 Å². The van der Waals surface area contributed by atoms with Crippen molar-refractivity contribution in [3.63, 3.8) is 0 Å². The number of rotatable bonds is 2. The zero-order valence-electron chi connectivity index (χ0n) is 10.6. The molecule has 4 N–H and O–H groups in total. The number of H-pyrrole nitrogens is 2. The summed E-state index contributed by atoms with van der Waals surface area (Å²) in [5.74, 6) is -0.824. The van der Waals surface area contributed by atoms with E-state index in [0.717, 1.165) is 16.9 Å². The van der Waals surface area contributed by atoms with E-state index in [1.807, 2.05) is 18.2 Å². The molecule has 1 radical (unpaired) electrons. The summed E-state index contributed by atoms with van der Waals surface area (Å²) in [4.78, 5) is 11.0. The van der Waals surface area contributed by atoms with Gasteiger partial charge in [-0.1, -0.05) is 0 Å². The molecule has 0 spiro atoms. The summed E-state index contributed by atoms with van der Waals surface area (Å²) in [5.41, 5.74) is 2.79. The monoisotopic (exact) mass is 415 g/mol. The van der Waals surface area contributed by atoms with Gasteiger partial charge in [0.2, 0.25) is 0 Å². The van der Waals surface area contributed by atoms with Crippen molar-refractivity contribution >= 4 is 36.1 Å². The van der Waals surface area contributed by atoms with Crippen LogP contribution in [-0.2, 0) is 33.6 Å². The zero-order valence-corrected chi connectivity index (χ0v) is 13.8. The van der Waals surface area contributed by atoms with Gasteiger partial charge in [0.05, 0.1) is 5.69 Å². The SMILES string of the molecule is O=C(O)C1CCc2cc(-n3c(=S)[nH][nH]c3=S)ccc2N1.[Ag]. The Morgan fingerprint density at radius 3 is 2.57 bits per heavy atom. The first-order chi connectivity index (χ1) is 9.56. The largest absolute Gasteiger partial charge is 0.480 e. The minimum atomic E-state index is -0.824. The molecule has 1 aromatic heterocycles. The van der Waals surface area contributed by atoms with Gasteiger partial charge in [0.1, 0.15) is 6.04 Å². The van der Waals surface area contributed by atoms with Gasteiger partial charge in [0.15, 0.2) is 9.54 Å². The Hall–Kier alpha value is -1.19. The zero-order chi connectivity index (χ0) is 14.3. The number of aromatic nitrogens is 3. The van der Waals surface area contributed by atoms with E-state index >= 15 is 0 Å². The van der Waals surface area contributed by atoms with Crippen molar-refractivity contribution in [1.29, 1.82) is 0 Å². The molecule has 2 aromatic rings. The predicted molar refractivity (Wildman–Crippen MR) is 79.5 cm³/mol. The van der Waals surface area contributed by atoms with E-state index in [-0.39, 0.29) is 22.4 Å². The van der Waals surface area contributed by atoms with Gasteiger partial charge in [-0.2, -0.15) is 0 Å². The van der Waals surface area contributed by atoms with Crippen LogP contribution in [0.3, 0.4) is 0 Å². The number of carboxylic acids is 1. The number of aryl methyl sites for hydroxylation is 1. The summed E-state index contributed by atoms with van der Waals surface area (Å²) in [5, 5.41) is 17.6. The fourth-order valence-electron chi connectivity index (χ4n) is 2.36. The molecule has 1 aliphatic heterocycles. The summed E-state index contributed by atoms with van der Waals surface area (Å²) in [6.45, 7) is 0. The van der Waals surface area contributed by atoms with Crippen molar-refractivity contribution in [1.82, 2.24) is 14.8 Å². The van der Waals surface area contributed by atoms with E-state index in [0.29, 0.717) is 22.4 Å². The minimum Gasteiger partial charge on any atom is -0.480 e. The first-order valence-electron chi connectivity index (χ1n) is 6.08. The van der Waals surface area contributed by atoms with Crippen molar-refractivity contribution in [2.24, 2.45) is 0 Å². The average Bonchev–Trinajstić information content (AvgIpc) is 2.77. The maximum absolute atomic E-state index is 11.0. The van der Waals surface area contributed by atoms with Gasteiger partial charge in [-0.3, -0.25) is 14.8 Å². The molecule has 3 rings (SSSR count). The van der Waals surface area contributed by atoms with Crippen molar-refractivity contribution in [2.75, 3.05) is 5.32 Å². The van der Waals surface area contributed by atoms with E-state index in [9.17, 15) is 4.79 Å². The number of aliphatic carboxylic acids is 1. The number of nitrogens with one attached hydrogen (secondary N) is 3. The second-order valence-corrected chi connectivity index (χ2v) is 5.38. The first kappa shape index (κ1) is 16.2. The average molecular weight is 416 g/mol. The molecule has 21 heavy (non-hydrogen) atoms. The molecule has 6 nitrogen and oxygen atoms in total. The summed E-state index contributed by atoms with van der Waals surface area (Å²) in [6.07, 6.45) is 1.28. The standard InChI is InChI=1S/C12H12N4O2S2.Ag/c17-10(18)9-3-1-6-5-7(2-4-8(6)13-9)16-11(19)14-15-12(16)20;/h2,4-5,9,13H,1,3H2,(H,14,19)(H,15,20)(H,17,18);. The maximum atomic E-state index is 11.0. The number of anilines is 1. The fourth-order valence-corrected chi connectivity index (χ4v) is 2.91. The Balaban J connectivity index is 0.00000161. The molecule has 1 unspecified atom stereocenters. The Morgan fingerprint density at radius 1 is 1.29 bits per heavy atom. The summed E-state index contributed by atoms with van der Waals surface area (Å²) >= 11 is 10.4. The molecule has 0 aliphatic carbocycles.